The van der Waals surface area contributed by atoms with Crippen LogP contribution in [0.3, 0.4) is 0 Å². The normalized spacial score (nSPS) is 48.5. The van der Waals surface area contributed by atoms with Crippen LogP contribution < -0.4 is 0 Å². The Morgan fingerprint density at radius 2 is 1.89 bits per heavy atom. The minimum Gasteiger partial charge on any atom is -0.459 e. The number of aliphatic hydroxyl groups excluding tert-OH is 1. The summed E-state index contributed by atoms with van der Waals surface area (Å²) in [6, 6.07) is 0. The van der Waals surface area contributed by atoms with E-state index in [1.54, 1.807) is 13.8 Å². The third-order valence-corrected chi connectivity index (χ3v) is 8.23. The molecule has 0 aliphatic heterocycles. The van der Waals surface area contributed by atoms with Crippen LogP contribution >= 0.6 is 0 Å². The van der Waals surface area contributed by atoms with Crippen LogP contribution in [0, 0.1) is 35.0 Å². The molecule has 2 fully saturated rings. The van der Waals surface area contributed by atoms with Crippen molar-refractivity contribution in [2.75, 3.05) is 6.61 Å². The number of Topliss-reactive ketones (excluding diaryl/α,β-unsaturated/α-hetero) is 1. The Hall–Kier alpha value is -1.50. The smallest absolute Gasteiger partial charge is 0.303 e. The highest BCUT2D eigenvalue weighted by molar-refractivity contribution is 5.99. The summed E-state index contributed by atoms with van der Waals surface area (Å²) in [5.74, 6) is -2.76. The number of hydrogen-bond donors (Lipinski definition) is 3. The molecule has 8 atom stereocenters. The molecule has 28 heavy (non-hydrogen) atoms. The van der Waals surface area contributed by atoms with Crippen LogP contribution in [0.2, 0.25) is 0 Å². The van der Waals surface area contributed by atoms with Crippen molar-refractivity contribution in [1.82, 2.24) is 0 Å². The van der Waals surface area contributed by atoms with Gasteiger partial charge in [0.1, 0.15) is 11.7 Å². The van der Waals surface area contributed by atoms with Gasteiger partial charge < -0.3 is 20.1 Å². The van der Waals surface area contributed by atoms with Gasteiger partial charge in [-0.15, -0.1) is 0 Å². The molecule has 4 rings (SSSR count). The van der Waals surface area contributed by atoms with Gasteiger partial charge in [0.25, 0.3) is 0 Å². The molecular formula is C22H30O6. The lowest BCUT2D eigenvalue weighted by molar-refractivity contribution is -0.208. The summed E-state index contributed by atoms with van der Waals surface area (Å²) in [4.78, 5) is 24.6. The molecule has 6 heteroatoms. The van der Waals surface area contributed by atoms with Gasteiger partial charge in [-0.3, -0.25) is 9.59 Å². The molecule has 6 nitrogen and oxygen atoms in total. The van der Waals surface area contributed by atoms with E-state index < -0.39 is 52.4 Å². The Morgan fingerprint density at radius 1 is 1.25 bits per heavy atom. The third-order valence-electron chi connectivity index (χ3n) is 8.23. The highest BCUT2D eigenvalue weighted by Crippen LogP contribution is 2.75. The monoisotopic (exact) mass is 390 g/mol. The zero-order valence-electron chi connectivity index (χ0n) is 17.1. The van der Waals surface area contributed by atoms with E-state index >= 15 is 0 Å². The SMILES string of the molecule is CC(=O)O[C@@H]1[C@@H](C)[C@]2(O)[C@@H]3C=C(C)C(=O)[C@@H]3CC(CO)=C[C@@H]2[C@H]2C(C)(C)[C@]12O. The second kappa shape index (κ2) is 5.77. The topological polar surface area (TPSA) is 104 Å². The molecule has 0 aromatic heterocycles. The van der Waals surface area contributed by atoms with Gasteiger partial charge in [0.2, 0.25) is 0 Å². The standard InChI is InChI=1S/C22H30O6/c1-10-6-15-14(17(10)25)7-13(9-23)8-16-18-20(4,5)22(18,27)19(28-12(3)24)11(2)21(15,16)26/h6,8,11,14-16,18-19,23,26-27H,7,9H2,1-5H3/t11-,14-,15-,16-,18+,19-,21+,22-/m1/s1. The minimum atomic E-state index is -1.36. The van der Waals surface area contributed by atoms with Gasteiger partial charge in [-0.2, -0.15) is 0 Å². The van der Waals surface area contributed by atoms with Crippen LogP contribution in [0.25, 0.3) is 0 Å². The van der Waals surface area contributed by atoms with Crippen LogP contribution in [0.4, 0.5) is 0 Å². The Balaban J connectivity index is 1.91. The minimum absolute atomic E-state index is 0.00875. The van der Waals surface area contributed by atoms with E-state index in [0.717, 1.165) is 5.57 Å². The molecule has 0 heterocycles. The number of fused-ring (bicyclic) bond motifs is 5. The molecule has 0 aromatic carbocycles. The molecule has 0 amide bonds. The molecule has 154 valence electrons. The van der Waals surface area contributed by atoms with Crippen molar-refractivity contribution in [2.24, 2.45) is 35.0 Å². The Morgan fingerprint density at radius 3 is 2.46 bits per heavy atom. The van der Waals surface area contributed by atoms with Crippen LogP contribution in [0.15, 0.2) is 23.3 Å². The maximum absolute atomic E-state index is 12.8. The van der Waals surface area contributed by atoms with Gasteiger partial charge in [-0.05, 0) is 24.5 Å². The number of carbonyl (C=O) groups is 2. The van der Waals surface area contributed by atoms with Gasteiger partial charge in [0, 0.05) is 41.9 Å². The number of ether oxygens (including phenoxy) is 1. The average molecular weight is 390 g/mol. The van der Waals surface area contributed by atoms with Crippen molar-refractivity contribution in [2.45, 2.75) is 58.3 Å². The number of ketones is 1. The molecular weight excluding hydrogens is 360 g/mol. The molecule has 0 aromatic rings. The van der Waals surface area contributed by atoms with Crippen LogP contribution in [-0.4, -0.2) is 51.0 Å². The van der Waals surface area contributed by atoms with Gasteiger partial charge in [-0.1, -0.05) is 32.9 Å². The van der Waals surface area contributed by atoms with E-state index in [-0.39, 0.29) is 18.3 Å². The average Bonchev–Trinajstić information content (AvgIpc) is 2.97. The maximum atomic E-state index is 12.8. The summed E-state index contributed by atoms with van der Waals surface area (Å²) in [7, 11) is 0. The van der Waals surface area contributed by atoms with Crippen LogP contribution in [-0.2, 0) is 14.3 Å². The zero-order valence-corrected chi connectivity index (χ0v) is 17.1. The van der Waals surface area contributed by atoms with Crippen LogP contribution in [0.1, 0.15) is 41.0 Å². The van der Waals surface area contributed by atoms with Crippen molar-refractivity contribution in [1.29, 1.82) is 0 Å². The summed E-state index contributed by atoms with van der Waals surface area (Å²) in [6.45, 7) is 8.51. The highest BCUT2D eigenvalue weighted by atomic mass is 16.6. The van der Waals surface area contributed by atoms with Crippen molar-refractivity contribution in [3.05, 3.63) is 23.3 Å². The van der Waals surface area contributed by atoms with Crippen molar-refractivity contribution < 1.29 is 29.6 Å². The fraction of sp³-hybridized carbons (Fsp3) is 0.727. The van der Waals surface area contributed by atoms with Gasteiger partial charge in [-0.25, -0.2) is 0 Å². The highest BCUT2D eigenvalue weighted by Gasteiger charge is 2.84. The summed E-state index contributed by atoms with van der Waals surface area (Å²) in [6.07, 6.45) is 3.25. The Kier molecular flexibility index (Phi) is 4.08. The molecule has 3 N–H and O–H groups in total. The van der Waals surface area contributed by atoms with E-state index in [1.807, 2.05) is 26.0 Å². The lowest BCUT2D eigenvalue weighted by atomic mass is 9.60. The summed E-state index contributed by atoms with van der Waals surface area (Å²) < 4.78 is 5.58. The van der Waals surface area contributed by atoms with Crippen LogP contribution in [0.5, 0.6) is 0 Å². The van der Waals surface area contributed by atoms with E-state index in [4.69, 9.17) is 4.74 Å². The molecule has 4 aliphatic rings. The summed E-state index contributed by atoms with van der Waals surface area (Å²) >= 11 is 0. The molecule has 4 aliphatic carbocycles. The predicted octanol–water partition coefficient (Wildman–Crippen LogP) is 1.39. The van der Waals surface area contributed by atoms with E-state index in [1.165, 1.54) is 6.92 Å². The van der Waals surface area contributed by atoms with Gasteiger partial charge in [0.05, 0.1) is 12.2 Å². The number of carbonyl (C=O) groups excluding carboxylic acids is 2. The largest absolute Gasteiger partial charge is 0.459 e. The van der Waals surface area contributed by atoms with Gasteiger partial charge in [0.15, 0.2) is 5.78 Å². The molecule has 0 bridgehead atoms. The molecule has 0 spiro atoms. The van der Waals surface area contributed by atoms with E-state index in [0.29, 0.717) is 12.0 Å². The molecule has 0 saturated heterocycles. The molecule has 2 saturated carbocycles. The maximum Gasteiger partial charge on any atom is 0.303 e. The number of aliphatic hydroxyl groups is 3. The first-order valence-electron chi connectivity index (χ1n) is 10.1. The lowest BCUT2D eigenvalue weighted by Gasteiger charge is -2.51. The van der Waals surface area contributed by atoms with Crippen molar-refractivity contribution >= 4 is 11.8 Å². The summed E-state index contributed by atoms with van der Waals surface area (Å²) in [5.41, 5.74) is -1.86. The first-order valence-corrected chi connectivity index (χ1v) is 10.1. The molecule has 0 radical (unpaired) electrons. The third kappa shape index (κ3) is 2.14. The van der Waals surface area contributed by atoms with E-state index in [9.17, 15) is 24.9 Å². The summed E-state index contributed by atoms with van der Waals surface area (Å²) in [5, 5.41) is 33.6. The zero-order chi connectivity index (χ0) is 20.8. The van der Waals surface area contributed by atoms with E-state index in [2.05, 4.69) is 0 Å². The van der Waals surface area contributed by atoms with Crippen molar-refractivity contribution in [3.8, 4) is 0 Å². The number of esters is 1. The fourth-order valence-corrected chi connectivity index (χ4v) is 6.72. The number of hydrogen-bond acceptors (Lipinski definition) is 6. The quantitative estimate of drug-likeness (QED) is 0.486. The first kappa shape index (κ1) is 19.8. The molecule has 0 unspecified atom stereocenters. The lowest BCUT2D eigenvalue weighted by Crippen LogP contribution is -2.62. The number of allylic oxidation sites excluding steroid dienone is 1. The number of rotatable bonds is 2. The second-order valence-corrected chi connectivity index (χ2v) is 9.79. The predicted molar refractivity (Wildman–Crippen MR) is 101 cm³/mol. The first-order chi connectivity index (χ1) is 12.9. The van der Waals surface area contributed by atoms with Gasteiger partial charge >= 0.3 is 5.97 Å². The Labute approximate surface area is 165 Å². The second-order valence-electron chi connectivity index (χ2n) is 9.79. The fourth-order valence-electron chi connectivity index (χ4n) is 6.72. The Bertz CT molecular complexity index is 810. The van der Waals surface area contributed by atoms with Crippen molar-refractivity contribution in [3.63, 3.8) is 0 Å².